The number of phenols is 3. The first-order chi connectivity index (χ1) is 15.3. The summed E-state index contributed by atoms with van der Waals surface area (Å²) in [5.41, 5.74) is 0. The zero-order valence-corrected chi connectivity index (χ0v) is 18.3. The molecule has 0 saturated heterocycles. The average Bonchev–Trinajstić information content (AvgIpc) is 2.75. The minimum Gasteiger partial charge on any atom is -0.744 e. The van der Waals surface area contributed by atoms with Crippen molar-refractivity contribution >= 4 is 21.0 Å². The third-order valence-electron chi connectivity index (χ3n) is 4.22. The molecule has 0 aliphatic rings. The summed E-state index contributed by atoms with van der Waals surface area (Å²) in [6, 6.07) is 33.4. The predicted octanol–water partition coefficient (Wildman–Crippen LogP) is 4.49. The van der Waals surface area contributed by atoms with E-state index in [1.165, 1.54) is 14.7 Å². The third kappa shape index (κ3) is 5.82. The van der Waals surface area contributed by atoms with Crippen LogP contribution in [0.3, 0.4) is 0 Å². The molecule has 0 aliphatic heterocycles. The van der Waals surface area contributed by atoms with Gasteiger partial charge in [0.25, 0.3) is 0 Å². The van der Waals surface area contributed by atoms with Gasteiger partial charge in [-0.1, -0.05) is 54.6 Å². The zero-order valence-electron chi connectivity index (χ0n) is 16.7. The molecule has 0 spiro atoms. The van der Waals surface area contributed by atoms with Crippen LogP contribution in [0, 0.1) is 0 Å². The maximum Gasteiger partial charge on any atom is 0.166 e. The first kappa shape index (κ1) is 23.2. The van der Waals surface area contributed by atoms with Crippen molar-refractivity contribution in [2.45, 2.75) is 19.6 Å². The highest BCUT2D eigenvalue weighted by Crippen LogP contribution is 2.35. The first-order valence-electron chi connectivity index (χ1n) is 9.37. The van der Waals surface area contributed by atoms with Crippen LogP contribution in [0.15, 0.2) is 123 Å². The summed E-state index contributed by atoms with van der Waals surface area (Å²) in [6.45, 7) is 0. The van der Waals surface area contributed by atoms with Gasteiger partial charge in [-0.05, 0) is 36.4 Å². The molecule has 32 heavy (non-hydrogen) atoms. The second-order valence-electron chi connectivity index (χ2n) is 6.51. The van der Waals surface area contributed by atoms with Crippen LogP contribution in [-0.4, -0.2) is 28.3 Å². The summed E-state index contributed by atoms with van der Waals surface area (Å²) in [5, 5.41) is 26.6. The fourth-order valence-electron chi connectivity index (χ4n) is 2.92. The van der Waals surface area contributed by atoms with Crippen molar-refractivity contribution in [1.29, 1.82) is 0 Å². The maximum atomic E-state index is 10.4. The second kappa shape index (κ2) is 10.2. The number of benzene rings is 4. The molecule has 4 aromatic rings. The van der Waals surface area contributed by atoms with Gasteiger partial charge in [0, 0.05) is 12.1 Å². The fraction of sp³-hybridized carbons (Fsp3) is 0. The molecular weight excluding hydrogens is 448 g/mol. The maximum absolute atomic E-state index is 10.4. The topological polar surface area (TPSA) is 118 Å². The Balaban J connectivity index is 0.000000195. The Bertz CT molecular complexity index is 1140. The lowest BCUT2D eigenvalue weighted by Gasteiger charge is -2.10. The molecule has 0 fully saturated rings. The van der Waals surface area contributed by atoms with Crippen LogP contribution in [0.1, 0.15) is 0 Å². The summed E-state index contributed by atoms with van der Waals surface area (Å²) in [6.07, 6.45) is 0. The molecule has 4 rings (SSSR count). The van der Waals surface area contributed by atoms with Crippen molar-refractivity contribution in [3.63, 3.8) is 0 Å². The molecule has 0 aliphatic carbocycles. The van der Waals surface area contributed by atoms with Crippen molar-refractivity contribution in [2.75, 3.05) is 0 Å². The predicted molar refractivity (Wildman–Crippen MR) is 121 cm³/mol. The molecule has 0 heterocycles. The normalized spacial score (nSPS) is 10.9. The Morgan fingerprint density at radius 3 is 1.19 bits per heavy atom. The van der Waals surface area contributed by atoms with Gasteiger partial charge in [-0.2, -0.15) is 0 Å². The van der Waals surface area contributed by atoms with Crippen LogP contribution in [-0.2, 0) is 21.0 Å². The summed E-state index contributed by atoms with van der Waals surface area (Å²) >= 11 is 0. The van der Waals surface area contributed by atoms with Gasteiger partial charge in [0.15, 0.2) is 14.7 Å². The molecule has 0 aromatic heterocycles. The standard InChI is InChI=1S/C18H15S.C6H6O6S/c1-4-10-16(11-5-1)19(17-12-6-2-7-13-17)18-14-8-3-9-15-18;7-3-1-4(8)6(5(9)2-3)13(10,11)12/h1-15H;1-2,7-9H,(H,10,11,12)/q+1;/p-1. The SMILES string of the molecule is O=S(=O)([O-])c1c(O)cc(O)cc1O.c1ccc([S+](c2ccccc2)c2ccccc2)cc1. The molecule has 6 nitrogen and oxygen atoms in total. The number of aromatic hydroxyl groups is 3. The van der Waals surface area contributed by atoms with Gasteiger partial charge in [-0.25, -0.2) is 8.42 Å². The molecule has 0 unspecified atom stereocenters. The van der Waals surface area contributed by atoms with Crippen LogP contribution in [0.5, 0.6) is 17.2 Å². The highest BCUT2D eigenvalue weighted by molar-refractivity contribution is 7.97. The molecule has 8 heteroatoms. The van der Waals surface area contributed by atoms with Gasteiger partial charge < -0.3 is 19.9 Å². The van der Waals surface area contributed by atoms with E-state index in [2.05, 4.69) is 91.0 Å². The molecular formula is C24H20O6S2. The van der Waals surface area contributed by atoms with E-state index >= 15 is 0 Å². The Labute approximate surface area is 189 Å². The van der Waals surface area contributed by atoms with Crippen molar-refractivity contribution in [2.24, 2.45) is 0 Å². The molecule has 4 aromatic carbocycles. The van der Waals surface area contributed by atoms with Crippen LogP contribution in [0.4, 0.5) is 0 Å². The molecule has 0 saturated carbocycles. The van der Waals surface area contributed by atoms with Gasteiger partial charge in [0.1, 0.15) is 32.3 Å². The van der Waals surface area contributed by atoms with Crippen molar-refractivity contribution in [3.8, 4) is 17.2 Å². The first-order valence-corrected chi connectivity index (χ1v) is 12.0. The van der Waals surface area contributed by atoms with Gasteiger partial charge in [0.2, 0.25) is 0 Å². The van der Waals surface area contributed by atoms with Gasteiger partial charge in [-0.3, -0.25) is 0 Å². The number of hydrogen-bond donors (Lipinski definition) is 3. The van der Waals surface area contributed by atoms with Crippen molar-refractivity contribution in [1.82, 2.24) is 0 Å². The van der Waals surface area contributed by atoms with Gasteiger partial charge in [0.05, 0.1) is 10.9 Å². The monoisotopic (exact) mass is 468 g/mol. The quantitative estimate of drug-likeness (QED) is 0.300. The summed E-state index contributed by atoms with van der Waals surface area (Å²) in [4.78, 5) is 2.95. The molecule has 164 valence electrons. The minimum atomic E-state index is -4.94. The highest BCUT2D eigenvalue weighted by atomic mass is 32.2. The van der Waals surface area contributed by atoms with Crippen LogP contribution >= 0.6 is 0 Å². The number of hydrogen-bond acceptors (Lipinski definition) is 6. The molecule has 0 atom stereocenters. The Hall–Kier alpha value is -3.46. The summed E-state index contributed by atoms with van der Waals surface area (Å²) in [5.74, 6) is -2.50. The summed E-state index contributed by atoms with van der Waals surface area (Å²) < 4.78 is 31.3. The van der Waals surface area contributed by atoms with Crippen molar-refractivity contribution in [3.05, 3.63) is 103 Å². The molecule has 0 amide bonds. The van der Waals surface area contributed by atoms with Gasteiger partial charge in [-0.15, -0.1) is 0 Å². The van der Waals surface area contributed by atoms with E-state index < -0.39 is 32.3 Å². The number of rotatable bonds is 4. The molecule has 0 bridgehead atoms. The van der Waals surface area contributed by atoms with Crippen LogP contribution < -0.4 is 0 Å². The third-order valence-corrected chi connectivity index (χ3v) is 7.37. The molecule has 0 radical (unpaired) electrons. The Morgan fingerprint density at radius 1 is 0.594 bits per heavy atom. The fourth-order valence-corrected chi connectivity index (χ4v) is 5.65. The lowest BCUT2D eigenvalue weighted by molar-refractivity contribution is 0.395. The van der Waals surface area contributed by atoms with E-state index in [1.54, 1.807) is 0 Å². The molecule has 3 N–H and O–H groups in total. The van der Waals surface area contributed by atoms with E-state index in [9.17, 15) is 13.0 Å². The summed E-state index contributed by atoms with van der Waals surface area (Å²) in [7, 11) is -4.96. The van der Waals surface area contributed by atoms with E-state index in [1.807, 2.05) is 0 Å². The zero-order chi connectivity index (χ0) is 23.1. The van der Waals surface area contributed by atoms with E-state index in [-0.39, 0.29) is 10.9 Å². The van der Waals surface area contributed by atoms with Crippen LogP contribution in [0.25, 0.3) is 0 Å². The lowest BCUT2D eigenvalue weighted by atomic mass is 10.3. The van der Waals surface area contributed by atoms with E-state index in [4.69, 9.17) is 15.3 Å². The largest absolute Gasteiger partial charge is 0.744 e. The Morgan fingerprint density at radius 2 is 0.906 bits per heavy atom. The van der Waals surface area contributed by atoms with Gasteiger partial charge >= 0.3 is 0 Å². The Kier molecular flexibility index (Phi) is 7.42. The number of phenolic OH excluding ortho intramolecular Hbond substituents is 3. The van der Waals surface area contributed by atoms with Crippen LogP contribution in [0.2, 0.25) is 0 Å². The second-order valence-corrected chi connectivity index (χ2v) is 9.86. The van der Waals surface area contributed by atoms with Crippen molar-refractivity contribution < 1.29 is 28.3 Å². The average molecular weight is 469 g/mol. The van der Waals surface area contributed by atoms with E-state index in [0.717, 1.165) is 0 Å². The van der Waals surface area contributed by atoms with E-state index in [0.29, 0.717) is 12.1 Å². The minimum absolute atomic E-state index is 0.0146. The smallest absolute Gasteiger partial charge is 0.166 e. The highest BCUT2D eigenvalue weighted by Gasteiger charge is 2.27. The lowest BCUT2D eigenvalue weighted by Crippen LogP contribution is -2.04.